The van der Waals surface area contributed by atoms with E-state index in [0.29, 0.717) is 11.4 Å². The lowest BCUT2D eigenvalue weighted by Gasteiger charge is -2.13. The van der Waals surface area contributed by atoms with Crippen molar-refractivity contribution >= 4 is 11.6 Å². The number of para-hydroxylation sites is 2. The Morgan fingerprint density at radius 1 is 1.16 bits per heavy atom. The molecule has 1 N–H and O–H groups in total. The molecule has 1 amide bonds. The fourth-order valence-electron chi connectivity index (χ4n) is 2.26. The van der Waals surface area contributed by atoms with Gasteiger partial charge in [-0.2, -0.15) is 18.3 Å². The zero-order valence-corrected chi connectivity index (χ0v) is 12.9. The molecule has 128 valence electrons. The third-order valence-electron chi connectivity index (χ3n) is 3.44. The second-order valence-corrected chi connectivity index (χ2v) is 5.14. The van der Waals surface area contributed by atoms with Gasteiger partial charge >= 0.3 is 6.18 Å². The van der Waals surface area contributed by atoms with Gasteiger partial charge in [0, 0.05) is 0 Å². The number of nitrogens with one attached hydrogen (secondary N) is 1. The first-order valence-corrected chi connectivity index (χ1v) is 7.16. The van der Waals surface area contributed by atoms with Crippen molar-refractivity contribution in [2.24, 2.45) is 0 Å². The average Bonchev–Trinajstić information content (AvgIpc) is 3.08. The fourth-order valence-corrected chi connectivity index (χ4v) is 2.26. The van der Waals surface area contributed by atoms with Crippen molar-refractivity contribution in [3.8, 4) is 5.69 Å². The topological polar surface area (TPSA) is 72.7 Å². The molecule has 0 radical (unpaired) electrons. The molecule has 0 saturated heterocycles. The molecule has 3 rings (SSSR count). The molecule has 0 unspecified atom stereocenters. The van der Waals surface area contributed by atoms with Gasteiger partial charge in [0.1, 0.15) is 18.3 Å². The summed E-state index contributed by atoms with van der Waals surface area (Å²) in [5.74, 6) is -0.564. The van der Waals surface area contributed by atoms with E-state index in [1.807, 2.05) is 0 Å². The van der Waals surface area contributed by atoms with Gasteiger partial charge < -0.3 is 5.32 Å². The third-order valence-corrected chi connectivity index (χ3v) is 3.44. The van der Waals surface area contributed by atoms with E-state index in [2.05, 4.69) is 20.4 Å². The van der Waals surface area contributed by atoms with Crippen LogP contribution >= 0.6 is 0 Å². The van der Waals surface area contributed by atoms with E-state index < -0.39 is 17.8 Å². The molecule has 3 aromatic rings. The summed E-state index contributed by atoms with van der Waals surface area (Å²) in [6, 6.07) is 8.75. The number of carbonyl (C=O) groups is 1. The standard InChI is InChI=1S/C16H12F3N5O/c1-10-11(6-7-14(22-10)16(17,18)19)15(25)23-12-4-2-3-5-13(12)24-9-20-8-21-24/h2-9H,1H3,(H,23,25). The van der Waals surface area contributed by atoms with Gasteiger partial charge in [0.2, 0.25) is 0 Å². The number of pyridine rings is 1. The molecule has 0 aliphatic carbocycles. The number of anilines is 1. The number of benzene rings is 1. The Morgan fingerprint density at radius 2 is 1.92 bits per heavy atom. The Bertz CT molecular complexity index is 906. The number of carbonyl (C=O) groups excluding carboxylic acids is 1. The number of alkyl halides is 3. The lowest BCUT2D eigenvalue weighted by atomic mass is 10.1. The maximum absolute atomic E-state index is 12.7. The van der Waals surface area contributed by atoms with Crippen LogP contribution in [0.3, 0.4) is 0 Å². The van der Waals surface area contributed by atoms with E-state index in [1.54, 1.807) is 24.3 Å². The minimum atomic E-state index is -4.56. The van der Waals surface area contributed by atoms with E-state index in [0.717, 1.165) is 12.1 Å². The summed E-state index contributed by atoms with van der Waals surface area (Å²) in [4.78, 5) is 19.8. The van der Waals surface area contributed by atoms with Gasteiger partial charge in [-0.3, -0.25) is 4.79 Å². The summed E-state index contributed by atoms with van der Waals surface area (Å²) in [6.07, 6.45) is -1.74. The number of aromatic nitrogens is 4. The van der Waals surface area contributed by atoms with Crippen molar-refractivity contribution in [1.82, 2.24) is 19.7 Å². The molecule has 1 aromatic carbocycles. The highest BCUT2D eigenvalue weighted by atomic mass is 19.4. The zero-order chi connectivity index (χ0) is 18.0. The number of hydrogen-bond donors (Lipinski definition) is 1. The van der Waals surface area contributed by atoms with Crippen LogP contribution in [0.2, 0.25) is 0 Å². The molecule has 0 aliphatic rings. The molecule has 2 heterocycles. The smallest absolute Gasteiger partial charge is 0.320 e. The summed E-state index contributed by atoms with van der Waals surface area (Å²) >= 11 is 0. The van der Waals surface area contributed by atoms with E-state index in [9.17, 15) is 18.0 Å². The molecule has 0 spiro atoms. The highest BCUT2D eigenvalue weighted by molar-refractivity contribution is 6.05. The van der Waals surface area contributed by atoms with Crippen molar-refractivity contribution in [3.63, 3.8) is 0 Å². The molecule has 9 heteroatoms. The monoisotopic (exact) mass is 347 g/mol. The molecular weight excluding hydrogens is 335 g/mol. The summed E-state index contributed by atoms with van der Waals surface area (Å²) < 4.78 is 39.5. The maximum Gasteiger partial charge on any atom is 0.433 e. The summed E-state index contributed by atoms with van der Waals surface area (Å²) in [5.41, 5.74) is 0.0275. The van der Waals surface area contributed by atoms with Crippen LogP contribution < -0.4 is 5.32 Å². The highest BCUT2D eigenvalue weighted by Crippen LogP contribution is 2.28. The van der Waals surface area contributed by atoms with Gasteiger partial charge in [-0.25, -0.2) is 14.6 Å². The highest BCUT2D eigenvalue weighted by Gasteiger charge is 2.33. The van der Waals surface area contributed by atoms with Gasteiger partial charge in [-0.15, -0.1) is 0 Å². The van der Waals surface area contributed by atoms with Crippen LogP contribution in [0.25, 0.3) is 5.69 Å². The van der Waals surface area contributed by atoms with Crippen LogP contribution in [0.1, 0.15) is 21.7 Å². The zero-order valence-electron chi connectivity index (χ0n) is 12.9. The number of hydrogen-bond acceptors (Lipinski definition) is 4. The second-order valence-electron chi connectivity index (χ2n) is 5.14. The predicted octanol–water partition coefficient (Wildman–Crippen LogP) is 3.24. The van der Waals surface area contributed by atoms with Crippen LogP contribution in [0.15, 0.2) is 49.1 Å². The SMILES string of the molecule is Cc1nc(C(F)(F)F)ccc1C(=O)Nc1ccccc1-n1cncn1. The van der Waals surface area contributed by atoms with Gasteiger partial charge in [-0.1, -0.05) is 12.1 Å². The van der Waals surface area contributed by atoms with Crippen LogP contribution in [0.4, 0.5) is 18.9 Å². The Labute approximate surface area is 140 Å². The Hall–Kier alpha value is -3.23. The van der Waals surface area contributed by atoms with Gasteiger partial charge in [-0.05, 0) is 31.2 Å². The lowest BCUT2D eigenvalue weighted by molar-refractivity contribution is -0.141. The normalized spacial score (nSPS) is 11.4. The number of nitrogens with zero attached hydrogens (tertiary/aromatic N) is 4. The van der Waals surface area contributed by atoms with Gasteiger partial charge in [0.05, 0.1) is 22.6 Å². The van der Waals surface area contributed by atoms with Crippen LogP contribution in [0, 0.1) is 6.92 Å². The van der Waals surface area contributed by atoms with Crippen molar-refractivity contribution in [2.75, 3.05) is 5.32 Å². The predicted molar refractivity (Wildman–Crippen MR) is 83.3 cm³/mol. The van der Waals surface area contributed by atoms with E-state index in [-0.39, 0.29) is 11.3 Å². The molecule has 25 heavy (non-hydrogen) atoms. The maximum atomic E-state index is 12.7. The number of rotatable bonds is 3. The first-order chi connectivity index (χ1) is 11.9. The van der Waals surface area contributed by atoms with E-state index >= 15 is 0 Å². The minimum absolute atomic E-state index is 0.00874. The average molecular weight is 347 g/mol. The summed E-state index contributed by atoms with van der Waals surface area (Å²) in [5, 5.41) is 6.67. The van der Waals surface area contributed by atoms with Crippen molar-refractivity contribution in [1.29, 1.82) is 0 Å². The number of amides is 1. The molecule has 0 atom stereocenters. The Kier molecular flexibility index (Phi) is 4.22. The molecule has 0 bridgehead atoms. The molecule has 0 fully saturated rings. The van der Waals surface area contributed by atoms with E-state index in [4.69, 9.17) is 0 Å². The third kappa shape index (κ3) is 3.49. The van der Waals surface area contributed by atoms with Crippen molar-refractivity contribution in [3.05, 3.63) is 66.0 Å². The molecular formula is C16H12F3N5O. The van der Waals surface area contributed by atoms with Crippen LogP contribution in [0.5, 0.6) is 0 Å². The fraction of sp³-hybridized carbons (Fsp3) is 0.125. The van der Waals surface area contributed by atoms with Crippen LogP contribution in [-0.4, -0.2) is 25.7 Å². The van der Waals surface area contributed by atoms with Crippen LogP contribution in [-0.2, 0) is 6.18 Å². The molecule has 0 saturated carbocycles. The second kappa shape index (κ2) is 6.34. The molecule has 0 aliphatic heterocycles. The first kappa shape index (κ1) is 16.6. The Balaban J connectivity index is 1.89. The molecule has 6 nitrogen and oxygen atoms in total. The summed E-state index contributed by atoms with van der Waals surface area (Å²) in [7, 11) is 0. The lowest BCUT2D eigenvalue weighted by Crippen LogP contribution is -2.17. The minimum Gasteiger partial charge on any atom is -0.320 e. The molecule has 2 aromatic heterocycles. The first-order valence-electron chi connectivity index (χ1n) is 7.16. The number of aryl methyl sites for hydroxylation is 1. The quantitative estimate of drug-likeness (QED) is 0.789. The van der Waals surface area contributed by atoms with Crippen molar-refractivity contribution in [2.45, 2.75) is 13.1 Å². The van der Waals surface area contributed by atoms with Gasteiger partial charge in [0.15, 0.2) is 0 Å². The largest absolute Gasteiger partial charge is 0.433 e. The summed E-state index contributed by atoms with van der Waals surface area (Å²) in [6.45, 7) is 1.35. The number of halogens is 3. The van der Waals surface area contributed by atoms with Crippen molar-refractivity contribution < 1.29 is 18.0 Å². The Morgan fingerprint density at radius 3 is 2.56 bits per heavy atom. The van der Waals surface area contributed by atoms with Gasteiger partial charge in [0.25, 0.3) is 5.91 Å². The van der Waals surface area contributed by atoms with E-state index in [1.165, 1.54) is 24.3 Å².